The third-order valence-electron chi connectivity index (χ3n) is 4.88. The number of hydrogen-bond donors (Lipinski definition) is 0. The lowest BCUT2D eigenvalue weighted by Crippen LogP contribution is -2.45. The van der Waals surface area contributed by atoms with Crippen molar-refractivity contribution in [3.8, 4) is 11.3 Å². The van der Waals surface area contributed by atoms with Gasteiger partial charge in [-0.2, -0.15) is 0 Å². The highest BCUT2D eigenvalue weighted by Gasteiger charge is 2.35. The second kappa shape index (κ2) is 10.3. The SMILES string of the molecule is CCN(C/C=C/c1ccccc1)N1C(=O)/C(=C/c2ccc(-c3ccc(Cl)cc3)o2)SC1=S. The monoisotopic (exact) mass is 480 g/mol. The summed E-state index contributed by atoms with van der Waals surface area (Å²) in [6, 6.07) is 21.2. The number of hydrogen-bond acceptors (Lipinski definition) is 5. The minimum atomic E-state index is -0.139. The van der Waals surface area contributed by atoms with Crippen molar-refractivity contribution in [2.45, 2.75) is 6.92 Å². The Morgan fingerprint density at radius 3 is 2.56 bits per heavy atom. The van der Waals surface area contributed by atoms with Crippen molar-refractivity contribution in [1.29, 1.82) is 0 Å². The van der Waals surface area contributed by atoms with E-state index in [0.717, 1.165) is 11.1 Å². The third kappa shape index (κ3) is 5.22. The average Bonchev–Trinajstić information content (AvgIpc) is 3.37. The van der Waals surface area contributed by atoms with Crippen molar-refractivity contribution in [1.82, 2.24) is 10.0 Å². The topological polar surface area (TPSA) is 36.7 Å². The number of thioether (sulfide) groups is 1. The van der Waals surface area contributed by atoms with Gasteiger partial charge < -0.3 is 4.42 Å². The fourth-order valence-corrected chi connectivity index (χ4v) is 4.67. The third-order valence-corrected chi connectivity index (χ3v) is 6.41. The van der Waals surface area contributed by atoms with E-state index in [9.17, 15) is 4.79 Å². The molecule has 0 atom stereocenters. The summed E-state index contributed by atoms with van der Waals surface area (Å²) in [6.45, 7) is 3.23. The van der Waals surface area contributed by atoms with Gasteiger partial charge in [0.25, 0.3) is 5.91 Å². The summed E-state index contributed by atoms with van der Waals surface area (Å²) in [4.78, 5) is 13.6. The van der Waals surface area contributed by atoms with Gasteiger partial charge in [-0.3, -0.25) is 4.79 Å². The van der Waals surface area contributed by atoms with E-state index in [-0.39, 0.29) is 5.91 Å². The second-order valence-corrected chi connectivity index (χ2v) is 9.13. The molecule has 4 nitrogen and oxygen atoms in total. The number of nitrogens with zero attached hydrogens (tertiary/aromatic N) is 2. The number of likely N-dealkylation sites (N-methyl/N-ethyl adjacent to an activating group) is 1. The molecule has 1 aromatic heterocycles. The summed E-state index contributed by atoms with van der Waals surface area (Å²) in [5.74, 6) is 1.17. The van der Waals surface area contributed by atoms with Gasteiger partial charge in [-0.25, -0.2) is 10.0 Å². The van der Waals surface area contributed by atoms with E-state index >= 15 is 0 Å². The van der Waals surface area contributed by atoms with Gasteiger partial charge in [-0.15, -0.1) is 0 Å². The van der Waals surface area contributed by atoms with E-state index < -0.39 is 0 Å². The van der Waals surface area contributed by atoms with Crippen LogP contribution in [0.4, 0.5) is 0 Å². The largest absolute Gasteiger partial charge is 0.457 e. The normalized spacial score (nSPS) is 15.6. The van der Waals surface area contributed by atoms with E-state index in [1.54, 1.807) is 11.1 Å². The Morgan fingerprint density at radius 1 is 1.09 bits per heavy atom. The van der Waals surface area contributed by atoms with Crippen molar-refractivity contribution in [2.24, 2.45) is 0 Å². The number of benzene rings is 2. The number of carbonyl (C=O) groups is 1. The van der Waals surface area contributed by atoms with Gasteiger partial charge in [0.05, 0.1) is 4.91 Å². The maximum Gasteiger partial charge on any atom is 0.281 e. The van der Waals surface area contributed by atoms with Gasteiger partial charge in [-0.05, 0) is 42.0 Å². The molecule has 32 heavy (non-hydrogen) atoms. The maximum atomic E-state index is 13.1. The molecule has 0 unspecified atom stereocenters. The molecule has 162 valence electrons. The Labute approximate surface area is 202 Å². The van der Waals surface area contributed by atoms with Crippen LogP contribution >= 0.6 is 35.6 Å². The Kier molecular flexibility index (Phi) is 7.27. The zero-order valence-corrected chi connectivity index (χ0v) is 19.8. The van der Waals surface area contributed by atoms with Gasteiger partial charge in [0.1, 0.15) is 11.5 Å². The zero-order chi connectivity index (χ0) is 22.5. The van der Waals surface area contributed by atoms with E-state index in [1.807, 2.05) is 90.8 Å². The van der Waals surface area contributed by atoms with Crippen LogP contribution in [0.1, 0.15) is 18.2 Å². The lowest BCUT2D eigenvalue weighted by molar-refractivity contribution is -0.132. The highest BCUT2D eigenvalue weighted by atomic mass is 35.5. The van der Waals surface area contributed by atoms with Crippen LogP contribution in [0.25, 0.3) is 23.5 Å². The minimum absolute atomic E-state index is 0.139. The molecule has 2 aromatic carbocycles. The summed E-state index contributed by atoms with van der Waals surface area (Å²) in [7, 11) is 0. The fourth-order valence-electron chi connectivity index (χ4n) is 3.26. The summed E-state index contributed by atoms with van der Waals surface area (Å²) in [6.07, 6.45) is 5.82. The molecule has 1 amide bonds. The van der Waals surface area contributed by atoms with Gasteiger partial charge in [-0.1, -0.05) is 85.0 Å². The first-order valence-electron chi connectivity index (χ1n) is 10.2. The van der Waals surface area contributed by atoms with Gasteiger partial charge in [0, 0.05) is 29.8 Å². The van der Waals surface area contributed by atoms with E-state index in [1.165, 1.54) is 11.8 Å². The number of carbonyl (C=O) groups excluding carboxylic acids is 1. The lowest BCUT2D eigenvalue weighted by Gasteiger charge is -2.28. The van der Waals surface area contributed by atoms with Crippen LogP contribution in [0.5, 0.6) is 0 Å². The van der Waals surface area contributed by atoms with Crippen molar-refractivity contribution in [3.63, 3.8) is 0 Å². The van der Waals surface area contributed by atoms with E-state index in [2.05, 4.69) is 0 Å². The molecule has 1 saturated heterocycles. The highest BCUT2D eigenvalue weighted by molar-refractivity contribution is 8.26. The van der Waals surface area contributed by atoms with Gasteiger partial charge in [0.2, 0.25) is 0 Å². The molecule has 1 aliphatic heterocycles. The number of halogens is 1. The predicted molar refractivity (Wildman–Crippen MR) is 137 cm³/mol. The molecule has 4 rings (SSSR count). The number of amides is 1. The first-order chi connectivity index (χ1) is 15.5. The summed E-state index contributed by atoms with van der Waals surface area (Å²) >= 11 is 12.7. The maximum absolute atomic E-state index is 13.1. The second-order valence-electron chi connectivity index (χ2n) is 7.02. The molecular formula is C25H21ClN2O2S2. The summed E-state index contributed by atoms with van der Waals surface area (Å²) in [5, 5.41) is 4.17. The Morgan fingerprint density at radius 2 is 1.84 bits per heavy atom. The number of hydrazine groups is 1. The lowest BCUT2D eigenvalue weighted by atomic mass is 10.2. The van der Waals surface area contributed by atoms with E-state index in [4.69, 9.17) is 28.2 Å². The van der Waals surface area contributed by atoms with Crippen LogP contribution in [0.15, 0.2) is 82.1 Å². The molecule has 0 spiro atoms. The Balaban J connectivity index is 1.47. The molecule has 3 aromatic rings. The van der Waals surface area contributed by atoms with Crippen molar-refractivity contribution < 1.29 is 9.21 Å². The molecule has 0 aliphatic carbocycles. The molecule has 2 heterocycles. The average molecular weight is 481 g/mol. The summed E-state index contributed by atoms with van der Waals surface area (Å²) < 4.78 is 6.43. The molecular weight excluding hydrogens is 460 g/mol. The van der Waals surface area contributed by atoms with Crippen molar-refractivity contribution in [3.05, 3.63) is 94.1 Å². The van der Waals surface area contributed by atoms with Crippen LogP contribution in [-0.2, 0) is 4.79 Å². The van der Waals surface area contributed by atoms with Crippen LogP contribution in [0.3, 0.4) is 0 Å². The van der Waals surface area contributed by atoms with Crippen LogP contribution in [0, 0.1) is 0 Å². The molecule has 0 radical (unpaired) electrons. The summed E-state index contributed by atoms with van der Waals surface area (Å²) in [5.41, 5.74) is 2.03. The standard InChI is InChI=1S/C25H21ClN2O2S2/c1-2-27(16-6-9-18-7-4-3-5-8-18)28-24(29)23(32-25(28)31)17-21-14-15-22(30-21)19-10-12-20(26)13-11-19/h3-15,17H,2,16H2,1H3/b9-6+,23-17-. The first kappa shape index (κ1) is 22.6. The number of thiocarbonyl (C=S) groups is 1. The number of rotatable bonds is 7. The molecule has 1 fully saturated rings. The molecule has 0 bridgehead atoms. The fraction of sp³-hybridized carbons (Fsp3) is 0.120. The minimum Gasteiger partial charge on any atom is -0.457 e. The Bertz CT molecular complexity index is 1170. The van der Waals surface area contributed by atoms with Gasteiger partial charge >= 0.3 is 0 Å². The Hall–Kier alpha value is -2.64. The van der Waals surface area contributed by atoms with Crippen LogP contribution < -0.4 is 0 Å². The first-order valence-corrected chi connectivity index (χ1v) is 11.8. The van der Waals surface area contributed by atoms with Crippen LogP contribution in [0.2, 0.25) is 5.02 Å². The molecule has 1 aliphatic rings. The van der Waals surface area contributed by atoms with Crippen molar-refractivity contribution >= 4 is 58.0 Å². The molecule has 0 N–H and O–H groups in total. The van der Waals surface area contributed by atoms with Crippen LogP contribution in [-0.4, -0.2) is 33.3 Å². The molecule has 0 saturated carbocycles. The predicted octanol–water partition coefficient (Wildman–Crippen LogP) is 6.75. The highest BCUT2D eigenvalue weighted by Crippen LogP contribution is 2.34. The van der Waals surface area contributed by atoms with Gasteiger partial charge in [0.15, 0.2) is 4.32 Å². The number of furan rings is 1. The van der Waals surface area contributed by atoms with Crippen molar-refractivity contribution in [2.75, 3.05) is 13.1 Å². The smallest absolute Gasteiger partial charge is 0.281 e. The zero-order valence-electron chi connectivity index (χ0n) is 17.4. The quantitative estimate of drug-likeness (QED) is 0.276. The molecule has 7 heteroatoms. The van der Waals surface area contributed by atoms with E-state index in [0.29, 0.717) is 38.9 Å².